The minimum atomic E-state index is 1.21. The van der Waals surface area contributed by atoms with E-state index < -0.39 is 0 Å². The summed E-state index contributed by atoms with van der Waals surface area (Å²) in [6, 6.07) is 0. The first-order chi connectivity index (χ1) is 8.97. The van der Waals surface area contributed by atoms with E-state index in [4.69, 9.17) is 0 Å². The van der Waals surface area contributed by atoms with Gasteiger partial charge in [-0.3, -0.25) is 0 Å². The van der Waals surface area contributed by atoms with Crippen molar-refractivity contribution in [2.75, 3.05) is 0 Å². The molecule has 5 fully saturated rings. The largest absolute Gasteiger partial charge is 0.0533 e. The molecule has 0 N–H and O–H groups in total. The van der Waals surface area contributed by atoms with Crippen molar-refractivity contribution in [2.24, 2.45) is 11.8 Å². The van der Waals surface area contributed by atoms with Crippen molar-refractivity contribution >= 4 is 0 Å². The lowest BCUT2D eigenvalue weighted by Crippen LogP contribution is -2.34. The Morgan fingerprint density at radius 1 is 0.278 bits per heavy atom. The van der Waals surface area contributed by atoms with E-state index in [-0.39, 0.29) is 0 Å². The summed E-state index contributed by atoms with van der Waals surface area (Å²) in [5, 5.41) is 0. The zero-order chi connectivity index (χ0) is 12.5. The molecular weight excluding hydrogens is 216 g/mol. The van der Waals surface area contributed by atoms with Crippen LogP contribution < -0.4 is 0 Å². The van der Waals surface area contributed by atoms with E-state index in [0.29, 0.717) is 0 Å². The summed E-state index contributed by atoms with van der Waals surface area (Å²) >= 11 is 0. The maximum Gasteiger partial charge on any atom is -0.0386 e. The standard InChI is InChI=1S/C6H10.3C4H8/c1-2-6-4-3-5(1)6;3*1-2-4-3-1/h5-6H,1-4H2;3*1-4H2. The molecule has 0 aromatic heterocycles. The fourth-order valence-corrected chi connectivity index (χ4v) is 2.31. The molecule has 0 spiro atoms. The van der Waals surface area contributed by atoms with Crippen LogP contribution in [0.2, 0.25) is 0 Å². The second-order valence-corrected chi connectivity index (χ2v) is 6.92. The van der Waals surface area contributed by atoms with Crippen LogP contribution in [0.4, 0.5) is 0 Å². The van der Waals surface area contributed by atoms with E-state index in [1.54, 1.807) is 25.7 Å². The Balaban J connectivity index is 0.0000000912. The molecule has 0 bridgehead atoms. The Labute approximate surface area is 115 Å². The highest BCUT2D eigenvalue weighted by atomic mass is 14.4. The molecule has 0 saturated heterocycles. The summed E-state index contributed by atoms with van der Waals surface area (Å²) in [6.07, 6.45) is 24.2. The van der Waals surface area contributed by atoms with Crippen molar-refractivity contribution < 1.29 is 0 Å². The molecule has 0 atom stereocenters. The number of hydrogen-bond donors (Lipinski definition) is 0. The number of hydrogen-bond acceptors (Lipinski definition) is 0. The first-order valence-corrected chi connectivity index (χ1v) is 8.97. The topological polar surface area (TPSA) is 0 Å². The minimum absolute atomic E-state index is 1.21. The van der Waals surface area contributed by atoms with Crippen LogP contribution in [0.3, 0.4) is 0 Å². The molecule has 106 valence electrons. The highest BCUT2D eigenvalue weighted by molar-refractivity contribution is 4.89. The third-order valence-electron chi connectivity index (χ3n) is 5.48. The van der Waals surface area contributed by atoms with Crippen molar-refractivity contribution in [2.45, 2.75) is 103 Å². The van der Waals surface area contributed by atoms with Crippen LogP contribution >= 0.6 is 0 Å². The number of rotatable bonds is 0. The zero-order valence-corrected chi connectivity index (χ0v) is 12.5. The normalized spacial score (nSPS) is 33.3. The van der Waals surface area contributed by atoms with Gasteiger partial charge in [0.15, 0.2) is 0 Å². The third kappa shape index (κ3) is 5.33. The highest BCUT2D eigenvalue weighted by Crippen LogP contribution is 2.49. The SMILES string of the molecule is C1CC2CCC12.C1CCC1.C1CCC1.C1CCC1. The lowest BCUT2D eigenvalue weighted by atomic mass is 9.60. The first-order valence-electron chi connectivity index (χ1n) is 8.97. The van der Waals surface area contributed by atoms with Crippen LogP contribution in [0.25, 0.3) is 0 Å². The third-order valence-corrected chi connectivity index (χ3v) is 5.48. The fourth-order valence-electron chi connectivity index (χ4n) is 2.31. The average Bonchev–Trinajstić information content (AvgIpc) is 2.02. The number of fused-ring (bicyclic) bond motifs is 1. The summed E-state index contributed by atoms with van der Waals surface area (Å²) in [5.41, 5.74) is 0. The summed E-state index contributed by atoms with van der Waals surface area (Å²) < 4.78 is 0. The lowest BCUT2D eigenvalue weighted by molar-refractivity contribution is 0.0548. The predicted molar refractivity (Wildman–Crippen MR) is 80.9 cm³/mol. The molecule has 5 rings (SSSR count). The van der Waals surface area contributed by atoms with Crippen molar-refractivity contribution in [3.8, 4) is 0 Å². The minimum Gasteiger partial charge on any atom is -0.0533 e. The molecule has 0 aromatic carbocycles. The fraction of sp³-hybridized carbons (Fsp3) is 1.00. The second-order valence-electron chi connectivity index (χ2n) is 6.92. The Kier molecular flexibility index (Phi) is 7.20. The summed E-state index contributed by atoms with van der Waals surface area (Å²) in [4.78, 5) is 0. The molecule has 0 heterocycles. The lowest BCUT2D eigenvalue weighted by Gasteiger charge is -2.46. The van der Waals surface area contributed by atoms with E-state index in [1.165, 1.54) is 88.9 Å². The van der Waals surface area contributed by atoms with Gasteiger partial charge >= 0.3 is 0 Å². The molecule has 5 aliphatic carbocycles. The first kappa shape index (κ1) is 14.4. The van der Waals surface area contributed by atoms with E-state index >= 15 is 0 Å². The zero-order valence-electron chi connectivity index (χ0n) is 12.5. The second kappa shape index (κ2) is 8.99. The Morgan fingerprint density at radius 2 is 0.444 bits per heavy atom. The molecular formula is C18H34. The van der Waals surface area contributed by atoms with Gasteiger partial charge in [-0.2, -0.15) is 0 Å². The smallest absolute Gasteiger partial charge is 0.0386 e. The monoisotopic (exact) mass is 250 g/mol. The van der Waals surface area contributed by atoms with E-state index in [0.717, 1.165) is 0 Å². The van der Waals surface area contributed by atoms with Gasteiger partial charge in [-0.05, 0) is 37.5 Å². The highest BCUT2D eigenvalue weighted by Gasteiger charge is 2.37. The molecule has 18 heavy (non-hydrogen) atoms. The van der Waals surface area contributed by atoms with Gasteiger partial charge in [0.25, 0.3) is 0 Å². The van der Waals surface area contributed by atoms with Crippen molar-refractivity contribution in [1.29, 1.82) is 0 Å². The Bertz CT molecular complexity index is 135. The average molecular weight is 250 g/mol. The molecule has 5 saturated carbocycles. The Hall–Kier alpha value is 0. The molecule has 0 aliphatic heterocycles. The maximum atomic E-state index is 1.56. The summed E-state index contributed by atoms with van der Waals surface area (Å²) in [5.74, 6) is 2.43. The van der Waals surface area contributed by atoms with Crippen LogP contribution in [0.1, 0.15) is 103 Å². The van der Waals surface area contributed by atoms with Gasteiger partial charge in [0.1, 0.15) is 0 Å². The molecule has 5 aliphatic rings. The van der Waals surface area contributed by atoms with Crippen molar-refractivity contribution in [3.63, 3.8) is 0 Å². The van der Waals surface area contributed by atoms with E-state index in [9.17, 15) is 0 Å². The molecule has 0 heteroatoms. The van der Waals surface area contributed by atoms with Crippen LogP contribution in [-0.4, -0.2) is 0 Å². The van der Waals surface area contributed by atoms with Crippen molar-refractivity contribution in [1.82, 2.24) is 0 Å². The maximum absolute atomic E-state index is 1.56. The van der Waals surface area contributed by atoms with Gasteiger partial charge in [-0.1, -0.05) is 77.0 Å². The predicted octanol–water partition coefficient (Wildman–Crippen LogP) is 6.49. The Morgan fingerprint density at radius 3 is 0.444 bits per heavy atom. The quantitative estimate of drug-likeness (QED) is 0.461. The van der Waals surface area contributed by atoms with Crippen molar-refractivity contribution in [3.05, 3.63) is 0 Å². The van der Waals surface area contributed by atoms with Gasteiger partial charge in [0.05, 0.1) is 0 Å². The van der Waals surface area contributed by atoms with E-state index in [2.05, 4.69) is 0 Å². The van der Waals surface area contributed by atoms with Gasteiger partial charge < -0.3 is 0 Å². The molecule has 0 aromatic rings. The van der Waals surface area contributed by atoms with Crippen LogP contribution in [0.15, 0.2) is 0 Å². The van der Waals surface area contributed by atoms with Crippen LogP contribution in [-0.2, 0) is 0 Å². The molecule has 0 unspecified atom stereocenters. The molecule has 0 amide bonds. The van der Waals surface area contributed by atoms with Gasteiger partial charge in [0, 0.05) is 0 Å². The van der Waals surface area contributed by atoms with Gasteiger partial charge in [-0.25, -0.2) is 0 Å². The van der Waals surface area contributed by atoms with Crippen LogP contribution in [0, 0.1) is 11.8 Å². The summed E-state index contributed by atoms with van der Waals surface area (Å²) in [6.45, 7) is 0. The van der Waals surface area contributed by atoms with Crippen LogP contribution in [0.5, 0.6) is 0 Å². The van der Waals surface area contributed by atoms with Gasteiger partial charge in [0.2, 0.25) is 0 Å². The van der Waals surface area contributed by atoms with Gasteiger partial charge in [-0.15, -0.1) is 0 Å². The van der Waals surface area contributed by atoms with E-state index in [1.807, 2.05) is 0 Å². The summed E-state index contributed by atoms with van der Waals surface area (Å²) in [7, 11) is 0. The molecule has 0 nitrogen and oxygen atoms in total. The molecule has 0 radical (unpaired) electrons.